The molecule has 0 amide bonds. The molecule has 0 radical (unpaired) electrons. The Morgan fingerprint density at radius 2 is 1.88 bits per heavy atom. The normalized spacial score (nSPS) is 14.4. The number of rotatable bonds is 3. The molecule has 0 atom stereocenters. The van der Waals surface area contributed by atoms with Gasteiger partial charge in [-0.05, 0) is 43.2 Å². The topological polar surface area (TPSA) is 73.8 Å². The standard InChI is InChI=1S/C16H12ClN7/c17-11-4-6-12(7-5-11)24-15(19-13(22-24)10-2-3-10)14-20-16-18-8-1-9-23(16)21-14/h1,4-10H,2-3H2. The van der Waals surface area contributed by atoms with Crippen molar-refractivity contribution in [3.8, 4) is 17.3 Å². The summed E-state index contributed by atoms with van der Waals surface area (Å²) in [6.07, 6.45) is 5.76. The fraction of sp³-hybridized carbons (Fsp3) is 0.188. The third kappa shape index (κ3) is 2.25. The van der Waals surface area contributed by atoms with Crippen LogP contribution in [0.15, 0.2) is 42.7 Å². The van der Waals surface area contributed by atoms with Crippen LogP contribution in [0.2, 0.25) is 5.02 Å². The third-order valence-corrected chi connectivity index (χ3v) is 4.21. The molecule has 1 aromatic carbocycles. The van der Waals surface area contributed by atoms with E-state index in [4.69, 9.17) is 11.6 Å². The summed E-state index contributed by atoms with van der Waals surface area (Å²) in [5.41, 5.74) is 0.876. The molecule has 3 heterocycles. The number of hydrogen-bond donors (Lipinski definition) is 0. The average molecular weight is 338 g/mol. The lowest BCUT2D eigenvalue weighted by atomic mass is 10.3. The summed E-state index contributed by atoms with van der Waals surface area (Å²) in [6.45, 7) is 0. The molecule has 1 saturated carbocycles. The zero-order valence-electron chi connectivity index (χ0n) is 12.5. The minimum Gasteiger partial charge on any atom is -0.220 e. The monoisotopic (exact) mass is 337 g/mol. The Kier molecular flexibility index (Phi) is 2.90. The zero-order chi connectivity index (χ0) is 16.1. The van der Waals surface area contributed by atoms with Crippen LogP contribution in [0.25, 0.3) is 23.1 Å². The van der Waals surface area contributed by atoms with Gasteiger partial charge in [0, 0.05) is 23.3 Å². The van der Waals surface area contributed by atoms with Crippen LogP contribution in [0.3, 0.4) is 0 Å². The Morgan fingerprint density at radius 3 is 2.62 bits per heavy atom. The summed E-state index contributed by atoms with van der Waals surface area (Å²) in [5.74, 6) is 2.93. The predicted molar refractivity (Wildman–Crippen MR) is 88.1 cm³/mol. The number of benzene rings is 1. The lowest BCUT2D eigenvalue weighted by Crippen LogP contribution is -2.00. The summed E-state index contributed by atoms with van der Waals surface area (Å²) >= 11 is 5.99. The molecule has 0 spiro atoms. The third-order valence-electron chi connectivity index (χ3n) is 3.95. The van der Waals surface area contributed by atoms with Crippen molar-refractivity contribution in [2.24, 2.45) is 0 Å². The summed E-state index contributed by atoms with van der Waals surface area (Å²) in [7, 11) is 0. The molecule has 1 aliphatic rings. The van der Waals surface area contributed by atoms with Gasteiger partial charge in [0.05, 0.1) is 5.69 Å². The molecule has 0 N–H and O–H groups in total. The molecule has 8 heteroatoms. The fourth-order valence-electron chi connectivity index (χ4n) is 2.58. The van der Waals surface area contributed by atoms with Crippen molar-refractivity contribution in [3.63, 3.8) is 0 Å². The van der Waals surface area contributed by atoms with Crippen LogP contribution in [0.4, 0.5) is 0 Å². The van der Waals surface area contributed by atoms with Gasteiger partial charge in [-0.25, -0.2) is 19.2 Å². The highest BCUT2D eigenvalue weighted by Crippen LogP contribution is 2.39. The van der Waals surface area contributed by atoms with E-state index >= 15 is 0 Å². The Hall–Kier alpha value is -2.80. The number of aromatic nitrogens is 7. The van der Waals surface area contributed by atoms with E-state index in [1.807, 2.05) is 36.5 Å². The molecule has 5 rings (SSSR count). The Balaban J connectivity index is 1.69. The number of hydrogen-bond acceptors (Lipinski definition) is 5. The molecule has 118 valence electrons. The van der Waals surface area contributed by atoms with E-state index in [1.165, 1.54) is 0 Å². The van der Waals surface area contributed by atoms with Crippen LogP contribution in [-0.4, -0.2) is 34.3 Å². The maximum atomic E-state index is 5.99. The van der Waals surface area contributed by atoms with Gasteiger partial charge in [-0.3, -0.25) is 0 Å². The van der Waals surface area contributed by atoms with Gasteiger partial charge in [0.25, 0.3) is 5.78 Å². The van der Waals surface area contributed by atoms with E-state index in [2.05, 4.69) is 25.1 Å². The van der Waals surface area contributed by atoms with Gasteiger partial charge in [0.15, 0.2) is 5.82 Å². The van der Waals surface area contributed by atoms with E-state index < -0.39 is 0 Å². The molecule has 4 aromatic rings. The molecule has 0 unspecified atom stereocenters. The molecule has 0 bridgehead atoms. The van der Waals surface area contributed by atoms with Gasteiger partial charge in [0.1, 0.15) is 0 Å². The van der Waals surface area contributed by atoms with Crippen molar-refractivity contribution in [1.82, 2.24) is 34.3 Å². The second-order valence-corrected chi connectivity index (χ2v) is 6.19. The van der Waals surface area contributed by atoms with Crippen molar-refractivity contribution in [1.29, 1.82) is 0 Å². The molecular weight excluding hydrogens is 326 g/mol. The molecule has 0 aliphatic heterocycles. The molecule has 1 fully saturated rings. The first-order valence-electron chi connectivity index (χ1n) is 7.68. The molecular formula is C16H12ClN7. The minimum atomic E-state index is 0.437. The zero-order valence-corrected chi connectivity index (χ0v) is 13.3. The Bertz CT molecular complexity index is 997. The van der Waals surface area contributed by atoms with Crippen LogP contribution < -0.4 is 0 Å². The summed E-state index contributed by atoms with van der Waals surface area (Å²) in [4.78, 5) is 13.4. The van der Waals surface area contributed by atoms with Crippen molar-refractivity contribution in [2.75, 3.05) is 0 Å². The van der Waals surface area contributed by atoms with E-state index in [1.54, 1.807) is 15.4 Å². The average Bonchev–Trinajstić information content (AvgIpc) is 3.21. The van der Waals surface area contributed by atoms with Gasteiger partial charge >= 0.3 is 0 Å². The first-order valence-corrected chi connectivity index (χ1v) is 8.06. The maximum absolute atomic E-state index is 5.99. The van der Waals surface area contributed by atoms with Gasteiger partial charge in [-0.15, -0.1) is 5.10 Å². The highest BCUT2D eigenvalue weighted by Gasteiger charge is 2.30. The largest absolute Gasteiger partial charge is 0.252 e. The number of fused-ring (bicyclic) bond motifs is 1. The molecule has 3 aromatic heterocycles. The van der Waals surface area contributed by atoms with E-state index in [-0.39, 0.29) is 0 Å². The van der Waals surface area contributed by atoms with Crippen molar-refractivity contribution >= 4 is 17.4 Å². The Labute approximate surface area is 142 Å². The van der Waals surface area contributed by atoms with Gasteiger partial charge in [-0.1, -0.05) is 11.6 Å². The van der Waals surface area contributed by atoms with Crippen molar-refractivity contribution in [3.05, 3.63) is 53.6 Å². The van der Waals surface area contributed by atoms with Gasteiger partial charge in [-0.2, -0.15) is 10.1 Å². The highest BCUT2D eigenvalue weighted by molar-refractivity contribution is 6.30. The summed E-state index contributed by atoms with van der Waals surface area (Å²) < 4.78 is 3.41. The van der Waals surface area contributed by atoms with Gasteiger partial charge < -0.3 is 0 Å². The highest BCUT2D eigenvalue weighted by atomic mass is 35.5. The molecule has 1 aliphatic carbocycles. The number of nitrogens with zero attached hydrogens (tertiary/aromatic N) is 7. The van der Waals surface area contributed by atoms with Crippen LogP contribution in [0.1, 0.15) is 24.6 Å². The molecule has 7 nitrogen and oxygen atoms in total. The van der Waals surface area contributed by atoms with E-state index in [9.17, 15) is 0 Å². The quantitative estimate of drug-likeness (QED) is 0.574. The van der Waals surface area contributed by atoms with Crippen molar-refractivity contribution in [2.45, 2.75) is 18.8 Å². The minimum absolute atomic E-state index is 0.437. The number of halogens is 1. The Morgan fingerprint density at radius 1 is 1.04 bits per heavy atom. The lowest BCUT2D eigenvalue weighted by Gasteiger charge is -2.03. The predicted octanol–water partition coefficient (Wildman–Crippen LogP) is 2.90. The van der Waals surface area contributed by atoms with Crippen molar-refractivity contribution < 1.29 is 0 Å². The second kappa shape index (κ2) is 5.10. The van der Waals surface area contributed by atoms with Crippen LogP contribution in [0, 0.1) is 0 Å². The summed E-state index contributed by atoms with van der Waals surface area (Å²) in [6, 6.07) is 9.29. The lowest BCUT2D eigenvalue weighted by molar-refractivity contribution is 0.833. The summed E-state index contributed by atoms with van der Waals surface area (Å²) in [5, 5.41) is 9.82. The SMILES string of the molecule is Clc1ccc(-n2nc(C3CC3)nc2-c2nc3ncccn3n2)cc1. The first-order chi connectivity index (χ1) is 11.8. The van der Waals surface area contributed by atoms with E-state index in [0.717, 1.165) is 24.4 Å². The fourth-order valence-corrected chi connectivity index (χ4v) is 2.70. The molecule has 24 heavy (non-hydrogen) atoms. The second-order valence-electron chi connectivity index (χ2n) is 5.76. The van der Waals surface area contributed by atoms with Crippen LogP contribution in [-0.2, 0) is 0 Å². The smallest absolute Gasteiger partial charge is 0.220 e. The molecule has 0 saturated heterocycles. The maximum Gasteiger partial charge on any atom is 0.252 e. The van der Waals surface area contributed by atoms with E-state index in [0.29, 0.717) is 28.4 Å². The first kappa shape index (κ1) is 13.6. The van der Waals surface area contributed by atoms with Crippen LogP contribution in [0.5, 0.6) is 0 Å². The van der Waals surface area contributed by atoms with Gasteiger partial charge in [0.2, 0.25) is 11.6 Å². The van der Waals surface area contributed by atoms with Crippen LogP contribution >= 0.6 is 11.6 Å².